The first-order valence-corrected chi connectivity index (χ1v) is 8.06. The molecular weight excluding hydrogens is 326 g/mol. The van der Waals surface area contributed by atoms with Crippen molar-refractivity contribution < 1.29 is 22.0 Å². The molecule has 1 saturated carbocycles. The molecule has 1 aliphatic carbocycles. The van der Waals surface area contributed by atoms with Gasteiger partial charge < -0.3 is 5.32 Å². The summed E-state index contributed by atoms with van der Waals surface area (Å²) in [7, 11) is -4.60. The summed E-state index contributed by atoms with van der Waals surface area (Å²) < 4.78 is 49.6. The number of nitrogens with one attached hydrogen (secondary N) is 1. The van der Waals surface area contributed by atoms with E-state index in [0.717, 1.165) is 12.8 Å². The second-order valence-electron chi connectivity index (χ2n) is 5.01. The van der Waals surface area contributed by atoms with E-state index in [9.17, 15) is 22.0 Å². The number of rotatable bonds is 4. The second-order valence-corrected chi connectivity index (χ2v) is 6.88. The van der Waals surface area contributed by atoms with E-state index in [2.05, 4.69) is 5.32 Å². The first-order chi connectivity index (χ1) is 9.62. The van der Waals surface area contributed by atoms with Crippen LogP contribution in [0.1, 0.15) is 30.1 Å². The van der Waals surface area contributed by atoms with E-state index < -0.39 is 43.0 Å². The average Bonchev–Trinajstić information content (AvgIpc) is 3.16. The fourth-order valence-electron chi connectivity index (χ4n) is 1.99. The molecule has 1 aromatic rings. The molecule has 0 aliphatic heterocycles. The Bertz CT molecular complexity index is 705. The number of hydrogen-bond donors (Lipinski definition) is 2. The van der Waals surface area contributed by atoms with Gasteiger partial charge in [0.15, 0.2) is 11.6 Å². The molecule has 0 heterocycles. The molecule has 1 unspecified atom stereocenters. The highest BCUT2D eigenvalue weighted by Crippen LogP contribution is 2.33. The molecule has 1 aliphatic rings. The van der Waals surface area contributed by atoms with Crippen LogP contribution in [0.5, 0.6) is 0 Å². The van der Waals surface area contributed by atoms with Gasteiger partial charge >= 0.3 is 0 Å². The molecule has 0 radical (unpaired) electrons. The van der Waals surface area contributed by atoms with Crippen molar-refractivity contribution in [2.45, 2.75) is 30.7 Å². The van der Waals surface area contributed by atoms with E-state index >= 15 is 0 Å². The topological polar surface area (TPSA) is 89.3 Å². The normalized spacial score (nSPS) is 16.6. The third-order valence-corrected chi connectivity index (χ3v) is 4.79. The minimum Gasteiger partial charge on any atom is -0.349 e. The molecule has 0 aromatic heterocycles. The lowest BCUT2D eigenvalue weighted by atomic mass is 10.1. The van der Waals surface area contributed by atoms with Crippen LogP contribution in [0.3, 0.4) is 0 Å². The number of halogens is 3. The van der Waals surface area contributed by atoms with Crippen LogP contribution in [0.4, 0.5) is 8.78 Å². The number of sulfonamides is 1. The van der Waals surface area contributed by atoms with E-state index in [1.165, 1.54) is 0 Å². The first-order valence-electron chi connectivity index (χ1n) is 6.14. The third kappa shape index (κ3) is 3.33. The monoisotopic (exact) mass is 338 g/mol. The summed E-state index contributed by atoms with van der Waals surface area (Å²) in [4.78, 5) is 10.8. The Hall–Kier alpha value is -1.25. The van der Waals surface area contributed by atoms with Crippen molar-refractivity contribution in [3.8, 4) is 0 Å². The zero-order valence-corrected chi connectivity index (χ0v) is 12.6. The molecule has 1 fully saturated rings. The maximum Gasteiger partial charge on any atom is 0.253 e. The molecule has 0 bridgehead atoms. The molecule has 21 heavy (non-hydrogen) atoms. The number of amides is 1. The van der Waals surface area contributed by atoms with Gasteiger partial charge in [-0.3, -0.25) is 4.79 Å². The van der Waals surface area contributed by atoms with Gasteiger partial charge in [-0.05, 0) is 31.7 Å². The molecule has 5 nitrogen and oxygen atoms in total. The van der Waals surface area contributed by atoms with Crippen LogP contribution in [0.25, 0.3) is 0 Å². The fourth-order valence-corrected chi connectivity index (χ4v) is 3.25. The summed E-state index contributed by atoms with van der Waals surface area (Å²) in [6.45, 7) is 1.77. The third-order valence-electron chi connectivity index (χ3n) is 3.33. The lowest BCUT2D eigenvalue weighted by Crippen LogP contribution is -2.34. The van der Waals surface area contributed by atoms with Crippen LogP contribution in [0.2, 0.25) is 5.02 Å². The van der Waals surface area contributed by atoms with Crippen molar-refractivity contribution >= 4 is 27.5 Å². The smallest absolute Gasteiger partial charge is 0.253 e. The van der Waals surface area contributed by atoms with Gasteiger partial charge in [-0.2, -0.15) is 0 Å². The average molecular weight is 339 g/mol. The van der Waals surface area contributed by atoms with Crippen molar-refractivity contribution in [2.75, 3.05) is 0 Å². The van der Waals surface area contributed by atoms with Crippen molar-refractivity contribution in [2.24, 2.45) is 11.1 Å². The Morgan fingerprint density at radius 2 is 2.05 bits per heavy atom. The fraction of sp³-hybridized carbons (Fsp3) is 0.417. The Balaban J connectivity index is 2.44. The van der Waals surface area contributed by atoms with Gasteiger partial charge in [-0.15, -0.1) is 0 Å². The minimum atomic E-state index is -4.60. The number of carbonyl (C=O) groups excluding carboxylic acids is 1. The summed E-state index contributed by atoms with van der Waals surface area (Å²) in [6.07, 6.45) is 1.94. The highest BCUT2D eigenvalue weighted by Gasteiger charge is 2.31. The molecule has 1 atom stereocenters. The van der Waals surface area contributed by atoms with Crippen molar-refractivity contribution in [1.29, 1.82) is 0 Å². The molecule has 0 spiro atoms. The first kappa shape index (κ1) is 16.1. The Morgan fingerprint density at radius 3 is 2.52 bits per heavy atom. The summed E-state index contributed by atoms with van der Waals surface area (Å²) in [5.74, 6) is -3.65. The Morgan fingerprint density at radius 1 is 1.48 bits per heavy atom. The van der Waals surface area contributed by atoms with Gasteiger partial charge in [-0.1, -0.05) is 11.6 Å². The number of carbonyl (C=O) groups is 1. The summed E-state index contributed by atoms with van der Waals surface area (Å²) in [5, 5.41) is 6.66. The van der Waals surface area contributed by atoms with Crippen LogP contribution < -0.4 is 10.5 Å². The lowest BCUT2D eigenvalue weighted by molar-refractivity contribution is 0.0935. The van der Waals surface area contributed by atoms with Gasteiger partial charge in [0.2, 0.25) is 10.0 Å². The SMILES string of the molecule is CC(NC(=O)c1cc(F)c(F)c(S(N)(=O)=O)c1Cl)C1CC1. The quantitative estimate of drug-likeness (QED) is 0.820. The molecule has 116 valence electrons. The van der Waals surface area contributed by atoms with Gasteiger partial charge in [0.25, 0.3) is 5.91 Å². The van der Waals surface area contributed by atoms with Gasteiger partial charge in [0.1, 0.15) is 4.90 Å². The Kier molecular flexibility index (Phi) is 4.23. The van der Waals surface area contributed by atoms with Crippen molar-refractivity contribution in [3.63, 3.8) is 0 Å². The molecule has 1 amide bonds. The maximum absolute atomic E-state index is 13.6. The van der Waals surface area contributed by atoms with E-state index in [4.69, 9.17) is 16.7 Å². The van der Waals surface area contributed by atoms with Crippen molar-refractivity contribution in [3.05, 3.63) is 28.3 Å². The molecule has 9 heteroatoms. The van der Waals surface area contributed by atoms with Gasteiger partial charge in [0, 0.05) is 6.04 Å². The van der Waals surface area contributed by atoms with Crippen LogP contribution in [-0.2, 0) is 10.0 Å². The molecule has 1 aromatic carbocycles. The predicted molar refractivity (Wildman–Crippen MR) is 72.4 cm³/mol. The molecule has 0 saturated heterocycles. The van der Waals surface area contributed by atoms with E-state index in [0.29, 0.717) is 12.0 Å². The zero-order valence-electron chi connectivity index (χ0n) is 11.0. The summed E-state index contributed by atoms with van der Waals surface area (Å²) in [6, 6.07) is 0.390. The van der Waals surface area contributed by atoms with Crippen LogP contribution in [0.15, 0.2) is 11.0 Å². The molecular formula is C12H13ClF2N2O3S. The van der Waals surface area contributed by atoms with Gasteiger partial charge in [-0.25, -0.2) is 22.3 Å². The van der Waals surface area contributed by atoms with E-state index in [1.807, 2.05) is 0 Å². The van der Waals surface area contributed by atoms with Crippen LogP contribution in [0, 0.1) is 17.6 Å². The largest absolute Gasteiger partial charge is 0.349 e. The van der Waals surface area contributed by atoms with E-state index in [-0.39, 0.29) is 6.04 Å². The maximum atomic E-state index is 13.6. The summed E-state index contributed by atoms with van der Waals surface area (Å²) in [5.41, 5.74) is -0.466. The van der Waals surface area contributed by atoms with Crippen LogP contribution in [-0.4, -0.2) is 20.4 Å². The highest BCUT2D eigenvalue weighted by atomic mass is 35.5. The minimum absolute atomic E-state index is 0.167. The van der Waals surface area contributed by atoms with Crippen LogP contribution >= 0.6 is 11.6 Å². The number of benzene rings is 1. The lowest BCUT2D eigenvalue weighted by Gasteiger charge is -2.15. The molecule has 2 rings (SSSR count). The molecule has 3 N–H and O–H groups in total. The van der Waals surface area contributed by atoms with Gasteiger partial charge in [0.05, 0.1) is 10.6 Å². The second kappa shape index (κ2) is 5.51. The number of primary sulfonamides is 1. The predicted octanol–water partition coefficient (Wildman–Crippen LogP) is 1.79. The zero-order chi connectivity index (χ0) is 15.9. The number of hydrogen-bond acceptors (Lipinski definition) is 3. The summed E-state index contributed by atoms with van der Waals surface area (Å²) >= 11 is 5.72. The number of nitrogens with two attached hydrogens (primary N) is 1. The highest BCUT2D eigenvalue weighted by molar-refractivity contribution is 7.89. The Labute approximate surface area is 125 Å². The van der Waals surface area contributed by atoms with E-state index in [1.54, 1.807) is 6.92 Å². The van der Waals surface area contributed by atoms with Crippen molar-refractivity contribution in [1.82, 2.24) is 5.32 Å². The standard InChI is InChI=1S/C12H13ClF2N2O3S/c1-5(6-2-3-6)17-12(18)7-4-8(14)10(15)11(9(7)13)21(16,19)20/h4-6H,2-3H2,1H3,(H,17,18)(H2,16,19,20).